The average Bonchev–Trinajstić information content (AvgIpc) is 3.49. The first-order valence-electron chi connectivity index (χ1n) is 10.6. The number of ether oxygens (including phenoxy) is 1. The van der Waals surface area contributed by atoms with Crippen molar-refractivity contribution in [3.8, 4) is 27.2 Å². The van der Waals surface area contributed by atoms with Gasteiger partial charge in [-0.3, -0.25) is 0 Å². The van der Waals surface area contributed by atoms with E-state index in [9.17, 15) is 5.11 Å². The maximum absolute atomic E-state index is 15.4. The van der Waals surface area contributed by atoms with E-state index in [-0.39, 0.29) is 5.75 Å². The Labute approximate surface area is 185 Å². The molecule has 1 aliphatic heterocycles. The van der Waals surface area contributed by atoms with Crippen molar-refractivity contribution in [1.29, 1.82) is 0 Å². The molecule has 3 atom stereocenters. The van der Waals surface area contributed by atoms with E-state index in [0.717, 1.165) is 37.2 Å². The number of benzene rings is 1. The van der Waals surface area contributed by atoms with E-state index < -0.39 is 17.8 Å². The molecule has 0 aliphatic carbocycles. The van der Waals surface area contributed by atoms with E-state index in [1.807, 2.05) is 39.1 Å². The fourth-order valence-electron chi connectivity index (χ4n) is 4.01. The van der Waals surface area contributed by atoms with Gasteiger partial charge in [0.1, 0.15) is 11.9 Å². The van der Waals surface area contributed by atoms with Gasteiger partial charge in [0.25, 0.3) is 5.19 Å². The lowest BCUT2D eigenvalue weighted by Gasteiger charge is -2.33. The summed E-state index contributed by atoms with van der Waals surface area (Å²) in [5.41, 5.74) is 1.61. The first-order valence-corrected chi connectivity index (χ1v) is 11.5. The molecule has 0 amide bonds. The zero-order valence-electron chi connectivity index (χ0n) is 18.0. The predicted octanol–water partition coefficient (Wildman–Crippen LogP) is 4.43. The predicted molar refractivity (Wildman–Crippen MR) is 119 cm³/mol. The lowest BCUT2D eigenvalue weighted by Crippen LogP contribution is -2.52. The van der Waals surface area contributed by atoms with Gasteiger partial charge in [-0.15, -0.1) is 5.10 Å². The second kappa shape index (κ2) is 8.92. The van der Waals surface area contributed by atoms with Crippen LogP contribution in [0.25, 0.3) is 16.3 Å². The van der Waals surface area contributed by atoms with Gasteiger partial charge >= 0.3 is 0 Å². The van der Waals surface area contributed by atoms with Gasteiger partial charge in [0.05, 0.1) is 22.5 Å². The number of rotatable bonds is 8. The number of halogens is 1. The van der Waals surface area contributed by atoms with Gasteiger partial charge in [-0.05, 0) is 57.9 Å². The molecule has 1 fully saturated rings. The molecule has 1 aliphatic rings. The molecule has 1 saturated heterocycles. The lowest BCUT2D eigenvalue weighted by molar-refractivity contribution is 0.0373. The summed E-state index contributed by atoms with van der Waals surface area (Å²) in [6, 6.07) is 7.16. The van der Waals surface area contributed by atoms with E-state index in [0.29, 0.717) is 22.2 Å². The van der Waals surface area contributed by atoms with Crippen LogP contribution in [-0.4, -0.2) is 49.4 Å². The van der Waals surface area contributed by atoms with E-state index in [1.54, 1.807) is 16.8 Å². The van der Waals surface area contributed by atoms with Crippen LogP contribution in [0, 0.1) is 6.92 Å². The van der Waals surface area contributed by atoms with Crippen molar-refractivity contribution in [1.82, 2.24) is 25.3 Å². The quantitative estimate of drug-likeness (QED) is 0.533. The monoisotopic (exact) mass is 445 g/mol. The van der Waals surface area contributed by atoms with E-state index in [4.69, 9.17) is 4.74 Å². The van der Waals surface area contributed by atoms with Crippen molar-refractivity contribution in [2.75, 3.05) is 6.54 Å². The smallest absolute Gasteiger partial charge is 0.294 e. The molecule has 2 N–H and O–H groups in total. The minimum absolute atomic E-state index is 0.0736. The molecule has 4 rings (SSSR count). The summed E-state index contributed by atoms with van der Waals surface area (Å²) in [6.45, 7) is 6.67. The third-order valence-corrected chi connectivity index (χ3v) is 6.61. The number of nitrogens with one attached hydrogen (secondary N) is 1. The van der Waals surface area contributed by atoms with Crippen molar-refractivity contribution in [2.45, 2.75) is 64.3 Å². The largest absolute Gasteiger partial charge is 0.507 e. The van der Waals surface area contributed by atoms with Crippen LogP contribution in [0.1, 0.15) is 45.2 Å². The Morgan fingerprint density at radius 3 is 2.84 bits per heavy atom. The number of hydrogen-bond donors (Lipinski definition) is 2. The number of aromatic hydroxyl groups is 1. The van der Waals surface area contributed by atoms with E-state index in [2.05, 4.69) is 20.6 Å². The average molecular weight is 446 g/mol. The van der Waals surface area contributed by atoms with Crippen molar-refractivity contribution in [2.24, 2.45) is 0 Å². The number of nitrogens with zero attached hydrogens (tertiary/aromatic N) is 4. The van der Waals surface area contributed by atoms with Gasteiger partial charge in [0.2, 0.25) is 0 Å². The van der Waals surface area contributed by atoms with Gasteiger partial charge in [-0.2, -0.15) is 5.10 Å². The maximum atomic E-state index is 15.4. The number of hydrogen-bond acceptors (Lipinski definition) is 7. The Hall–Kier alpha value is -2.52. The molecule has 0 saturated carbocycles. The van der Waals surface area contributed by atoms with Crippen LogP contribution in [0.15, 0.2) is 30.5 Å². The highest BCUT2D eigenvalue weighted by Crippen LogP contribution is 2.37. The topological polar surface area (TPSA) is 85.1 Å². The molecule has 7 nitrogen and oxygen atoms in total. The van der Waals surface area contributed by atoms with Gasteiger partial charge in [0.15, 0.2) is 11.2 Å². The van der Waals surface area contributed by atoms with Crippen molar-refractivity contribution < 1.29 is 14.2 Å². The number of phenols is 1. The van der Waals surface area contributed by atoms with Crippen LogP contribution >= 0.6 is 11.3 Å². The first kappa shape index (κ1) is 21.7. The van der Waals surface area contributed by atoms with Crippen LogP contribution in [-0.2, 0) is 0 Å². The van der Waals surface area contributed by atoms with Crippen LogP contribution in [0.2, 0.25) is 0 Å². The lowest BCUT2D eigenvalue weighted by atomic mass is 9.89. The number of phenolic OH excluding ortho intramolecular Hbond substituents is 1. The maximum Gasteiger partial charge on any atom is 0.294 e. The van der Waals surface area contributed by atoms with Gasteiger partial charge in [0, 0.05) is 12.3 Å². The summed E-state index contributed by atoms with van der Waals surface area (Å²) >= 11 is 1.21. The molecular weight excluding hydrogens is 417 g/mol. The summed E-state index contributed by atoms with van der Waals surface area (Å²) in [4.78, 5) is 0. The van der Waals surface area contributed by atoms with Gasteiger partial charge in [-0.25, -0.2) is 9.07 Å². The fourth-order valence-corrected chi connectivity index (χ4v) is 4.79. The Bertz CT molecular complexity index is 1030. The van der Waals surface area contributed by atoms with Crippen LogP contribution in [0.5, 0.6) is 10.9 Å². The van der Waals surface area contributed by atoms with Crippen LogP contribution < -0.4 is 10.1 Å². The molecule has 3 unspecified atom stereocenters. The molecule has 2 aromatic heterocycles. The summed E-state index contributed by atoms with van der Waals surface area (Å²) in [5.74, 6) is 0.0736. The highest BCUT2D eigenvalue weighted by Gasteiger charge is 2.42. The summed E-state index contributed by atoms with van der Waals surface area (Å²) in [5, 5.41) is 27.3. The van der Waals surface area contributed by atoms with E-state index in [1.165, 1.54) is 11.3 Å². The van der Waals surface area contributed by atoms with Crippen molar-refractivity contribution >= 4 is 11.3 Å². The third kappa shape index (κ3) is 4.57. The standard InChI is InChI=1S/C22H28FN5O2S/c1-4-6-18(19(23)22(3)10-5-11-24-22)30-21-26-25-20(31-21)16-8-7-15(13-17(16)29)28-12-9-14(2)27-28/h7-9,12-13,18-19,24,29H,4-6,10-11H2,1-3H3. The van der Waals surface area contributed by atoms with Gasteiger partial charge < -0.3 is 15.2 Å². The summed E-state index contributed by atoms with van der Waals surface area (Å²) in [7, 11) is 0. The Kier molecular flexibility index (Phi) is 6.24. The molecule has 166 valence electrons. The van der Waals surface area contributed by atoms with Gasteiger partial charge in [-0.1, -0.05) is 29.8 Å². The minimum atomic E-state index is -1.15. The first-order chi connectivity index (χ1) is 14.9. The molecule has 31 heavy (non-hydrogen) atoms. The van der Waals surface area contributed by atoms with E-state index >= 15 is 4.39 Å². The van der Waals surface area contributed by atoms with Crippen LogP contribution in [0.3, 0.4) is 0 Å². The summed E-state index contributed by atoms with van der Waals surface area (Å²) < 4.78 is 23.0. The third-order valence-electron chi connectivity index (χ3n) is 5.77. The molecule has 0 bridgehead atoms. The Balaban J connectivity index is 1.51. The van der Waals surface area contributed by atoms with Crippen molar-refractivity contribution in [3.05, 3.63) is 36.2 Å². The number of aryl methyl sites for hydroxylation is 1. The number of aromatic nitrogens is 4. The molecule has 1 aromatic carbocycles. The molecular formula is C22H28FN5O2S. The fraction of sp³-hybridized carbons (Fsp3) is 0.500. The second-order valence-corrected chi connectivity index (χ2v) is 9.21. The normalized spacial score (nSPS) is 20.6. The van der Waals surface area contributed by atoms with Crippen molar-refractivity contribution in [3.63, 3.8) is 0 Å². The molecule has 0 radical (unpaired) electrons. The molecule has 0 spiro atoms. The zero-order chi connectivity index (χ0) is 22.0. The number of alkyl halides is 1. The Morgan fingerprint density at radius 1 is 1.35 bits per heavy atom. The zero-order valence-corrected chi connectivity index (χ0v) is 18.8. The molecule has 3 aromatic rings. The second-order valence-electron chi connectivity index (χ2n) is 8.27. The highest BCUT2D eigenvalue weighted by atomic mass is 32.1. The SMILES string of the molecule is CCCC(Oc1nnc(-c2ccc(-n3ccc(C)n3)cc2O)s1)C(F)C1(C)CCCN1. The molecule has 9 heteroatoms. The molecule has 3 heterocycles. The Morgan fingerprint density at radius 2 is 2.19 bits per heavy atom. The minimum Gasteiger partial charge on any atom is -0.507 e. The highest BCUT2D eigenvalue weighted by molar-refractivity contribution is 7.16. The van der Waals surface area contributed by atoms with Crippen LogP contribution in [0.4, 0.5) is 4.39 Å². The summed E-state index contributed by atoms with van der Waals surface area (Å²) in [6.07, 6.45) is 3.24.